The predicted molar refractivity (Wildman–Crippen MR) is 52.3 cm³/mol. The molecule has 1 aromatic carbocycles. The molecule has 2 nitrogen and oxygen atoms in total. The molecule has 0 saturated carbocycles. The van der Waals surface area contributed by atoms with Crippen LogP contribution in [-0.2, 0) is 0 Å². The fourth-order valence-corrected chi connectivity index (χ4v) is 1.35. The lowest BCUT2D eigenvalue weighted by Crippen LogP contribution is -2.18. The van der Waals surface area contributed by atoms with Crippen LogP contribution in [0.1, 0.15) is 15.9 Å². The molecule has 0 bridgehead atoms. The van der Waals surface area contributed by atoms with Gasteiger partial charge in [0.05, 0.1) is 0 Å². The van der Waals surface area contributed by atoms with Gasteiger partial charge < -0.3 is 5.32 Å². The van der Waals surface area contributed by atoms with Gasteiger partial charge in [0, 0.05) is 17.1 Å². The summed E-state index contributed by atoms with van der Waals surface area (Å²) in [5, 5.41) is 2.59. The first-order valence-corrected chi connectivity index (χ1v) is 4.43. The minimum Gasteiger partial charge on any atom is -0.355 e. The van der Waals surface area contributed by atoms with Crippen molar-refractivity contribution >= 4 is 21.8 Å². The molecule has 1 amide bonds. The number of hydrogen-bond donors (Lipinski definition) is 1. The van der Waals surface area contributed by atoms with Crippen molar-refractivity contribution in [2.45, 2.75) is 6.92 Å². The standard InChI is InChI=1S/C9H10BrNO/c1-6-7(9(12)11-2)4-3-5-8(6)10/h3-5H,1-2H3,(H,11,12). The van der Waals surface area contributed by atoms with Crippen LogP contribution >= 0.6 is 15.9 Å². The number of amides is 1. The zero-order chi connectivity index (χ0) is 9.14. The first kappa shape index (κ1) is 9.26. The lowest BCUT2D eigenvalue weighted by Gasteiger charge is -2.04. The highest BCUT2D eigenvalue weighted by molar-refractivity contribution is 9.10. The van der Waals surface area contributed by atoms with Crippen LogP contribution in [0, 0.1) is 6.92 Å². The molecule has 1 aromatic rings. The summed E-state index contributed by atoms with van der Waals surface area (Å²) in [5.74, 6) is -0.0474. The van der Waals surface area contributed by atoms with Crippen molar-refractivity contribution in [3.05, 3.63) is 33.8 Å². The molecule has 12 heavy (non-hydrogen) atoms. The molecule has 0 aliphatic heterocycles. The summed E-state index contributed by atoms with van der Waals surface area (Å²) >= 11 is 3.36. The second-order valence-corrected chi connectivity index (χ2v) is 3.35. The molecule has 0 aromatic heterocycles. The van der Waals surface area contributed by atoms with Crippen molar-refractivity contribution in [3.63, 3.8) is 0 Å². The normalized spacial score (nSPS) is 9.58. The average molecular weight is 228 g/mol. The summed E-state index contributed by atoms with van der Waals surface area (Å²) < 4.78 is 0.962. The molecule has 3 heteroatoms. The van der Waals surface area contributed by atoms with Crippen LogP contribution in [0.15, 0.2) is 22.7 Å². The van der Waals surface area contributed by atoms with Crippen LogP contribution in [0.5, 0.6) is 0 Å². The highest BCUT2D eigenvalue weighted by atomic mass is 79.9. The topological polar surface area (TPSA) is 29.1 Å². The van der Waals surface area contributed by atoms with E-state index in [1.807, 2.05) is 19.1 Å². The Morgan fingerprint density at radius 3 is 2.75 bits per heavy atom. The lowest BCUT2D eigenvalue weighted by atomic mass is 10.1. The molecule has 1 N–H and O–H groups in total. The summed E-state index contributed by atoms with van der Waals surface area (Å²) in [6, 6.07) is 5.57. The molecule has 0 heterocycles. The van der Waals surface area contributed by atoms with E-state index in [4.69, 9.17) is 0 Å². The maximum Gasteiger partial charge on any atom is 0.251 e. The number of benzene rings is 1. The maximum absolute atomic E-state index is 11.3. The molecule has 1 rings (SSSR count). The van der Waals surface area contributed by atoms with Gasteiger partial charge in [0.15, 0.2) is 0 Å². The molecule has 64 valence electrons. The van der Waals surface area contributed by atoms with E-state index < -0.39 is 0 Å². The zero-order valence-corrected chi connectivity index (χ0v) is 8.60. The third kappa shape index (κ3) is 1.67. The fourth-order valence-electron chi connectivity index (χ4n) is 0.988. The lowest BCUT2D eigenvalue weighted by molar-refractivity contribution is 0.0962. The van der Waals surface area contributed by atoms with Crippen LogP contribution in [0.3, 0.4) is 0 Å². The molecule has 0 radical (unpaired) electrons. The summed E-state index contributed by atoms with van der Waals surface area (Å²) in [5.41, 5.74) is 1.68. The van der Waals surface area contributed by atoms with Gasteiger partial charge in [-0.2, -0.15) is 0 Å². The molecule has 0 atom stereocenters. The van der Waals surface area contributed by atoms with Gasteiger partial charge in [-0.05, 0) is 24.6 Å². The number of carbonyl (C=O) groups is 1. The van der Waals surface area contributed by atoms with Crippen LogP contribution in [0.4, 0.5) is 0 Å². The van der Waals surface area contributed by atoms with E-state index in [2.05, 4.69) is 21.2 Å². The molecule has 0 saturated heterocycles. The number of rotatable bonds is 1. The number of carbonyl (C=O) groups excluding carboxylic acids is 1. The van der Waals surface area contributed by atoms with Crippen molar-refractivity contribution in [2.75, 3.05) is 7.05 Å². The Morgan fingerprint density at radius 1 is 1.50 bits per heavy atom. The molecule has 0 aliphatic carbocycles. The monoisotopic (exact) mass is 227 g/mol. The van der Waals surface area contributed by atoms with Gasteiger partial charge in [0.25, 0.3) is 5.91 Å². The predicted octanol–water partition coefficient (Wildman–Crippen LogP) is 2.12. The Labute approximate surface area is 80.1 Å². The van der Waals surface area contributed by atoms with Crippen molar-refractivity contribution in [1.29, 1.82) is 0 Å². The molecular weight excluding hydrogens is 218 g/mol. The van der Waals surface area contributed by atoms with E-state index in [0.29, 0.717) is 5.56 Å². The Kier molecular flexibility index (Phi) is 2.87. The minimum absolute atomic E-state index is 0.0474. The van der Waals surface area contributed by atoms with Crippen molar-refractivity contribution in [3.8, 4) is 0 Å². The van der Waals surface area contributed by atoms with Gasteiger partial charge in [-0.25, -0.2) is 0 Å². The zero-order valence-electron chi connectivity index (χ0n) is 7.02. The highest BCUT2D eigenvalue weighted by Crippen LogP contribution is 2.18. The van der Waals surface area contributed by atoms with Gasteiger partial charge in [0.1, 0.15) is 0 Å². The number of hydrogen-bond acceptors (Lipinski definition) is 1. The molecule has 0 fully saturated rings. The number of halogens is 1. The van der Waals surface area contributed by atoms with Crippen molar-refractivity contribution in [1.82, 2.24) is 5.32 Å². The van der Waals surface area contributed by atoms with Crippen LogP contribution in [0.25, 0.3) is 0 Å². The van der Waals surface area contributed by atoms with Crippen molar-refractivity contribution < 1.29 is 4.79 Å². The summed E-state index contributed by atoms with van der Waals surface area (Å²) in [4.78, 5) is 11.3. The summed E-state index contributed by atoms with van der Waals surface area (Å²) in [6.07, 6.45) is 0. The molecule has 0 aliphatic rings. The van der Waals surface area contributed by atoms with Gasteiger partial charge in [-0.15, -0.1) is 0 Å². The first-order valence-electron chi connectivity index (χ1n) is 3.64. The maximum atomic E-state index is 11.3. The summed E-state index contributed by atoms with van der Waals surface area (Å²) in [7, 11) is 1.63. The smallest absolute Gasteiger partial charge is 0.251 e. The van der Waals surface area contributed by atoms with E-state index in [9.17, 15) is 4.79 Å². The van der Waals surface area contributed by atoms with Crippen LogP contribution in [0.2, 0.25) is 0 Å². The van der Waals surface area contributed by atoms with E-state index in [0.717, 1.165) is 10.0 Å². The van der Waals surface area contributed by atoms with E-state index in [1.54, 1.807) is 13.1 Å². The highest BCUT2D eigenvalue weighted by Gasteiger charge is 2.07. The third-order valence-corrected chi connectivity index (χ3v) is 2.60. The molecule has 0 unspecified atom stereocenters. The average Bonchev–Trinajstić information content (AvgIpc) is 2.08. The molecule has 0 spiro atoms. The SMILES string of the molecule is CNC(=O)c1cccc(Br)c1C. The Bertz CT molecular complexity index is 309. The summed E-state index contributed by atoms with van der Waals surface area (Å²) in [6.45, 7) is 1.91. The van der Waals surface area contributed by atoms with E-state index in [1.165, 1.54) is 0 Å². The fraction of sp³-hybridized carbons (Fsp3) is 0.222. The second-order valence-electron chi connectivity index (χ2n) is 2.49. The minimum atomic E-state index is -0.0474. The van der Waals surface area contributed by atoms with Crippen LogP contribution < -0.4 is 5.32 Å². The van der Waals surface area contributed by atoms with Gasteiger partial charge in [-0.1, -0.05) is 22.0 Å². The van der Waals surface area contributed by atoms with Crippen LogP contribution in [-0.4, -0.2) is 13.0 Å². The van der Waals surface area contributed by atoms with Crippen molar-refractivity contribution in [2.24, 2.45) is 0 Å². The number of nitrogens with one attached hydrogen (secondary N) is 1. The quantitative estimate of drug-likeness (QED) is 0.783. The van der Waals surface area contributed by atoms with Gasteiger partial charge in [-0.3, -0.25) is 4.79 Å². The second kappa shape index (κ2) is 3.72. The Hall–Kier alpha value is -0.830. The van der Waals surface area contributed by atoms with E-state index >= 15 is 0 Å². The molecular formula is C9H10BrNO. The first-order chi connectivity index (χ1) is 5.66. The van der Waals surface area contributed by atoms with Gasteiger partial charge in [0.2, 0.25) is 0 Å². The largest absolute Gasteiger partial charge is 0.355 e. The Morgan fingerprint density at radius 2 is 2.17 bits per heavy atom. The van der Waals surface area contributed by atoms with E-state index in [-0.39, 0.29) is 5.91 Å². The van der Waals surface area contributed by atoms with Gasteiger partial charge >= 0.3 is 0 Å². The Balaban J connectivity index is 3.16. The third-order valence-electron chi connectivity index (χ3n) is 1.74.